The summed E-state index contributed by atoms with van der Waals surface area (Å²) in [6.07, 6.45) is 0.776. The Morgan fingerprint density at radius 3 is 2.50 bits per heavy atom. The summed E-state index contributed by atoms with van der Waals surface area (Å²) in [6, 6.07) is 8.33. The lowest BCUT2D eigenvalue weighted by Crippen LogP contribution is -2.15. The topological polar surface area (TPSA) is 43.8 Å². The highest BCUT2D eigenvalue weighted by Crippen LogP contribution is 2.25. The van der Waals surface area contributed by atoms with E-state index >= 15 is 0 Å². The monoisotopic (exact) mass is 419 g/mol. The van der Waals surface area contributed by atoms with Crippen LogP contribution in [0.1, 0.15) is 23.0 Å². The van der Waals surface area contributed by atoms with E-state index in [0.717, 1.165) is 27.8 Å². The van der Waals surface area contributed by atoms with Crippen LogP contribution < -0.4 is 5.73 Å². The Labute approximate surface area is 129 Å². The number of nitrogens with two attached hydrogens (primary N) is 1. The van der Waals surface area contributed by atoms with E-state index in [-0.39, 0.29) is 6.04 Å². The van der Waals surface area contributed by atoms with Gasteiger partial charge in [0.1, 0.15) is 0 Å². The van der Waals surface area contributed by atoms with Crippen LogP contribution >= 0.6 is 38.5 Å². The number of aromatic nitrogens is 2. The van der Waals surface area contributed by atoms with E-state index in [9.17, 15) is 0 Å². The highest BCUT2D eigenvalue weighted by atomic mass is 127. The fraction of sp³-hybridized carbons (Fsp3) is 0.308. The molecule has 18 heavy (non-hydrogen) atoms. The minimum atomic E-state index is -0.00639. The number of nitrogens with zero attached hydrogens (tertiary/aromatic N) is 2. The molecule has 96 valence electrons. The molecule has 3 nitrogen and oxygen atoms in total. The lowest BCUT2D eigenvalue weighted by Gasteiger charge is -2.12. The number of hydrogen-bond donors (Lipinski definition) is 1. The lowest BCUT2D eigenvalue weighted by molar-refractivity contribution is 0.638. The molecule has 0 saturated heterocycles. The first kappa shape index (κ1) is 14.0. The van der Waals surface area contributed by atoms with Crippen LogP contribution in [-0.2, 0) is 13.5 Å². The Bertz CT molecular complexity index is 548. The quantitative estimate of drug-likeness (QED) is 0.775. The molecule has 0 fully saturated rings. The summed E-state index contributed by atoms with van der Waals surface area (Å²) in [7, 11) is 1.95. The highest BCUT2D eigenvalue weighted by molar-refractivity contribution is 14.1. The van der Waals surface area contributed by atoms with Gasteiger partial charge in [0.25, 0.3) is 0 Å². The van der Waals surface area contributed by atoms with E-state index in [1.165, 1.54) is 3.57 Å². The second-order valence-corrected chi connectivity index (χ2v) is 6.37. The number of aryl methyl sites for hydroxylation is 2. The SMILES string of the molecule is Cc1nn(C)c(CC(N)c2ccc(I)cc2)c1Br. The summed E-state index contributed by atoms with van der Waals surface area (Å²) in [5, 5.41) is 4.38. The van der Waals surface area contributed by atoms with Crippen molar-refractivity contribution in [2.24, 2.45) is 12.8 Å². The predicted octanol–water partition coefficient (Wildman–Crippen LogP) is 3.34. The smallest absolute Gasteiger partial charge is 0.0738 e. The summed E-state index contributed by atoms with van der Waals surface area (Å²) in [6.45, 7) is 1.99. The first-order valence-corrected chi connectivity index (χ1v) is 7.55. The molecular weight excluding hydrogens is 405 g/mol. The van der Waals surface area contributed by atoms with Crippen LogP contribution in [0.5, 0.6) is 0 Å². The van der Waals surface area contributed by atoms with Gasteiger partial charge < -0.3 is 5.73 Å². The molecule has 0 aliphatic heterocycles. The second-order valence-electron chi connectivity index (χ2n) is 4.33. The van der Waals surface area contributed by atoms with Gasteiger partial charge in [-0.2, -0.15) is 5.10 Å². The average molecular weight is 420 g/mol. The normalized spacial score (nSPS) is 12.7. The van der Waals surface area contributed by atoms with Crippen LogP contribution in [0.15, 0.2) is 28.7 Å². The van der Waals surface area contributed by atoms with E-state index in [4.69, 9.17) is 5.73 Å². The van der Waals surface area contributed by atoms with Crippen LogP contribution in [0.2, 0.25) is 0 Å². The fourth-order valence-corrected chi connectivity index (χ4v) is 2.80. The maximum atomic E-state index is 6.26. The zero-order valence-electron chi connectivity index (χ0n) is 10.3. The first-order valence-electron chi connectivity index (χ1n) is 5.68. The van der Waals surface area contributed by atoms with Gasteiger partial charge in [-0.05, 0) is 63.1 Å². The van der Waals surface area contributed by atoms with Gasteiger partial charge in [-0.25, -0.2) is 0 Å². The molecule has 0 aliphatic carbocycles. The number of hydrogen-bond acceptors (Lipinski definition) is 2. The van der Waals surface area contributed by atoms with Crippen LogP contribution in [0, 0.1) is 10.5 Å². The van der Waals surface area contributed by atoms with E-state index in [0.29, 0.717) is 0 Å². The molecule has 2 aromatic rings. The molecule has 0 amide bonds. The Morgan fingerprint density at radius 1 is 1.39 bits per heavy atom. The van der Waals surface area contributed by atoms with E-state index in [1.54, 1.807) is 0 Å². The maximum absolute atomic E-state index is 6.26. The molecule has 1 heterocycles. The van der Waals surface area contributed by atoms with Gasteiger partial charge in [0, 0.05) is 23.1 Å². The minimum absolute atomic E-state index is 0.00639. The molecule has 1 atom stereocenters. The summed E-state index contributed by atoms with van der Waals surface area (Å²) < 4.78 is 4.18. The Balaban J connectivity index is 2.21. The molecule has 2 N–H and O–H groups in total. The standard InChI is InChI=1S/C13H15BrIN3/c1-8-13(14)12(18(2)17-8)7-11(16)9-3-5-10(15)6-4-9/h3-6,11H,7,16H2,1-2H3. The van der Waals surface area contributed by atoms with Crippen molar-refractivity contribution in [2.75, 3.05) is 0 Å². The molecule has 0 saturated carbocycles. The zero-order valence-corrected chi connectivity index (χ0v) is 14.1. The maximum Gasteiger partial charge on any atom is 0.0738 e. The first-order chi connectivity index (χ1) is 8.49. The summed E-state index contributed by atoms with van der Waals surface area (Å²) in [5.74, 6) is 0. The lowest BCUT2D eigenvalue weighted by atomic mass is 10.0. The Morgan fingerprint density at radius 2 is 2.00 bits per heavy atom. The number of rotatable bonds is 3. The molecule has 0 bridgehead atoms. The average Bonchev–Trinajstić information content (AvgIpc) is 2.57. The fourth-order valence-electron chi connectivity index (χ4n) is 1.94. The largest absolute Gasteiger partial charge is 0.324 e. The van der Waals surface area contributed by atoms with Gasteiger partial charge in [-0.3, -0.25) is 4.68 Å². The summed E-state index contributed by atoms with van der Waals surface area (Å²) >= 11 is 5.87. The van der Waals surface area contributed by atoms with E-state index in [1.807, 2.05) is 18.7 Å². The molecular formula is C13H15BrIN3. The molecule has 5 heteroatoms. The Kier molecular flexibility index (Phi) is 4.45. The predicted molar refractivity (Wildman–Crippen MR) is 85.4 cm³/mol. The number of benzene rings is 1. The number of halogens is 2. The molecule has 1 aromatic heterocycles. The van der Waals surface area contributed by atoms with Crippen LogP contribution in [0.3, 0.4) is 0 Å². The zero-order chi connectivity index (χ0) is 13.3. The highest BCUT2D eigenvalue weighted by Gasteiger charge is 2.15. The molecule has 0 spiro atoms. The third-order valence-corrected chi connectivity index (χ3v) is 4.72. The van der Waals surface area contributed by atoms with Gasteiger partial charge >= 0.3 is 0 Å². The second kappa shape index (κ2) is 5.71. The third-order valence-electron chi connectivity index (χ3n) is 2.97. The van der Waals surface area contributed by atoms with Crippen molar-refractivity contribution in [3.8, 4) is 0 Å². The van der Waals surface area contributed by atoms with Gasteiger partial charge in [-0.1, -0.05) is 12.1 Å². The van der Waals surface area contributed by atoms with Gasteiger partial charge in [0.15, 0.2) is 0 Å². The van der Waals surface area contributed by atoms with Crippen LogP contribution in [-0.4, -0.2) is 9.78 Å². The minimum Gasteiger partial charge on any atom is -0.324 e. The molecule has 1 unspecified atom stereocenters. The molecule has 2 rings (SSSR count). The van der Waals surface area contributed by atoms with Gasteiger partial charge in [0.05, 0.1) is 15.9 Å². The van der Waals surface area contributed by atoms with Gasteiger partial charge in [0.2, 0.25) is 0 Å². The summed E-state index contributed by atoms with van der Waals surface area (Å²) in [5.41, 5.74) is 9.55. The van der Waals surface area contributed by atoms with Crippen molar-refractivity contribution in [3.63, 3.8) is 0 Å². The van der Waals surface area contributed by atoms with Crippen LogP contribution in [0.4, 0.5) is 0 Å². The van der Waals surface area contributed by atoms with Crippen molar-refractivity contribution in [3.05, 3.63) is 49.3 Å². The van der Waals surface area contributed by atoms with Crippen molar-refractivity contribution in [1.29, 1.82) is 0 Å². The Hall–Kier alpha value is -0.400. The molecule has 0 aliphatic rings. The van der Waals surface area contributed by atoms with Crippen molar-refractivity contribution in [2.45, 2.75) is 19.4 Å². The van der Waals surface area contributed by atoms with Crippen molar-refractivity contribution in [1.82, 2.24) is 9.78 Å². The molecule has 0 radical (unpaired) electrons. The van der Waals surface area contributed by atoms with Gasteiger partial charge in [-0.15, -0.1) is 0 Å². The van der Waals surface area contributed by atoms with Crippen molar-refractivity contribution < 1.29 is 0 Å². The van der Waals surface area contributed by atoms with E-state index < -0.39 is 0 Å². The van der Waals surface area contributed by atoms with E-state index in [2.05, 4.69) is 67.9 Å². The van der Waals surface area contributed by atoms with Crippen molar-refractivity contribution >= 4 is 38.5 Å². The van der Waals surface area contributed by atoms with Crippen LogP contribution in [0.25, 0.3) is 0 Å². The molecule has 1 aromatic carbocycles. The third kappa shape index (κ3) is 2.95. The summed E-state index contributed by atoms with van der Waals surface area (Å²) in [4.78, 5) is 0.